The molecule has 2 aliphatic heterocycles. The summed E-state index contributed by atoms with van der Waals surface area (Å²) < 4.78 is 5.08. The van der Waals surface area contributed by atoms with Crippen LogP contribution in [0.4, 0.5) is 0 Å². The molecule has 0 amide bonds. The second-order valence-electron chi connectivity index (χ2n) is 6.27. The van der Waals surface area contributed by atoms with Crippen LogP contribution in [-0.4, -0.2) is 39.0 Å². The van der Waals surface area contributed by atoms with Gasteiger partial charge in [-0.15, -0.1) is 0 Å². The summed E-state index contributed by atoms with van der Waals surface area (Å²) in [6.45, 7) is 6.98. The van der Waals surface area contributed by atoms with E-state index in [2.05, 4.69) is 30.8 Å². The molecule has 2 rings (SSSR count). The van der Waals surface area contributed by atoms with Gasteiger partial charge < -0.3 is 0 Å². The molecule has 5 heteroatoms. The maximum absolute atomic E-state index is 5.03. The van der Waals surface area contributed by atoms with E-state index in [0.717, 1.165) is 10.9 Å². The Morgan fingerprint density at radius 1 is 1.00 bits per heavy atom. The summed E-state index contributed by atoms with van der Waals surface area (Å²) in [5.41, 5.74) is 0. The Morgan fingerprint density at radius 3 is 2.05 bits per heavy atom. The normalized spacial score (nSPS) is 20.6. The van der Waals surface area contributed by atoms with Gasteiger partial charge in [0, 0.05) is 0 Å². The molecule has 0 spiro atoms. The monoisotopic (exact) mass is 415 g/mol. The van der Waals surface area contributed by atoms with E-state index in [4.69, 9.17) is 4.99 Å². The minimum atomic E-state index is -2.25. The molecule has 0 aromatic carbocycles. The van der Waals surface area contributed by atoms with Gasteiger partial charge in [0.2, 0.25) is 0 Å². The van der Waals surface area contributed by atoms with Gasteiger partial charge in [-0.05, 0) is 0 Å². The van der Waals surface area contributed by atoms with Crippen LogP contribution in [-0.2, 0) is 0 Å². The zero-order chi connectivity index (χ0) is 15.1. The van der Waals surface area contributed by atoms with Crippen molar-refractivity contribution in [2.75, 3.05) is 0 Å². The molecular weight excluding hydrogens is 385 g/mol. The van der Waals surface area contributed by atoms with Gasteiger partial charge >= 0.3 is 138 Å². The predicted octanol–water partition coefficient (Wildman–Crippen LogP) is 5.29. The SMILES string of the molecule is CCC[CH2][Sn]([CH2]CCC)([CH2]CCC)[CH]1N=C2N=CN=C2S1. The Balaban J connectivity index is 2.17. The Kier molecular flexibility index (Phi) is 7.26. The Bertz CT molecular complexity index is 409. The van der Waals surface area contributed by atoms with Crippen molar-refractivity contribution >= 4 is 47.4 Å². The first kappa shape index (κ1) is 17.5. The summed E-state index contributed by atoms with van der Waals surface area (Å²) in [5.74, 6) is 0.940. The summed E-state index contributed by atoms with van der Waals surface area (Å²) >= 11 is -0.297. The van der Waals surface area contributed by atoms with Gasteiger partial charge in [0.1, 0.15) is 0 Å². The summed E-state index contributed by atoms with van der Waals surface area (Å²) in [7, 11) is 0. The van der Waals surface area contributed by atoms with Gasteiger partial charge in [0.25, 0.3) is 0 Å². The number of nitrogens with zero attached hydrogens (tertiary/aromatic N) is 3. The number of hydrogen-bond donors (Lipinski definition) is 0. The molecule has 1 atom stereocenters. The number of amidine groups is 1. The van der Waals surface area contributed by atoms with Crippen molar-refractivity contribution < 1.29 is 0 Å². The van der Waals surface area contributed by atoms with Crippen LogP contribution in [0.25, 0.3) is 0 Å². The van der Waals surface area contributed by atoms with Crippen LogP contribution in [0.1, 0.15) is 59.3 Å². The van der Waals surface area contributed by atoms with Crippen LogP contribution in [0.2, 0.25) is 13.3 Å². The van der Waals surface area contributed by atoms with Crippen molar-refractivity contribution in [2.45, 2.75) is 76.0 Å². The van der Waals surface area contributed by atoms with Crippen LogP contribution < -0.4 is 0 Å². The number of fused-ring (bicyclic) bond motifs is 1. The molecule has 0 aromatic rings. The molecule has 118 valence electrons. The first-order chi connectivity index (χ1) is 10.3. The van der Waals surface area contributed by atoms with Crippen LogP contribution in [0, 0.1) is 0 Å². The van der Waals surface area contributed by atoms with E-state index in [1.54, 1.807) is 6.34 Å². The first-order valence-corrected chi connectivity index (χ1v) is 17.2. The molecule has 1 unspecified atom stereocenters. The number of aliphatic imine (C=N–C) groups is 3. The fourth-order valence-electron chi connectivity index (χ4n) is 3.26. The fourth-order valence-corrected chi connectivity index (χ4v) is 24.1. The van der Waals surface area contributed by atoms with Crippen molar-refractivity contribution in [2.24, 2.45) is 15.0 Å². The van der Waals surface area contributed by atoms with E-state index >= 15 is 0 Å². The molecule has 0 fully saturated rings. The molecule has 0 aliphatic carbocycles. The molecule has 0 N–H and O–H groups in total. The molecule has 2 aliphatic rings. The maximum atomic E-state index is 5.03. The van der Waals surface area contributed by atoms with Gasteiger partial charge in [0.05, 0.1) is 0 Å². The van der Waals surface area contributed by atoms with E-state index in [0.29, 0.717) is 3.39 Å². The van der Waals surface area contributed by atoms with Crippen LogP contribution >= 0.6 is 11.8 Å². The topological polar surface area (TPSA) is 37.1 Å². The molecule has 21 heavy (non-hydrogen) atoms. The van der Waals surface area contributed by atoms with E-state index in [-0.39, 0.29) is 0 Å². The molecule has 0 saturated heterocycles. The molecule has 2 heterocycles. The average molecular weight is 414 g/mol. The van der Waals surface area contributed by atoms with Gasteiger partial charge in [-0.25, -0.2) is 0 Å². The molecule has 0 bridgehead atoms. The Labute approximate surface area is 138 Å². The molecule has 0 radical (unpaired) electrons. The molecule has 0 aromatic heterocycles. The van der Waals surface area contributed by atoms with E-state index in [1.807, 2.05) is 11.8 Å². The predicted molar refractivity (Wildman–Crippen MR) is 99.6 cm³/mol. The van der Waals surface area contributed by atoms with E-state index in [1.165, 1.54) is 51.8 Å². The van der Waals surface area contributed by atoms with Gasteiger partial charge in [-0.2, -0.15) is 0 Å². The van der Waals surface area contributed by atoms with Crippen molar-refractivity contribution in [3.8, 4) is 0 Å². The zero-order valence-corrected chi connectivity index (χ0v) is 17.4. The summed E-state index contributed by atoms with van der Waals surface area (Å²) in [5, 5.41) is 1.10. The second kappa shape index (κ2) is 8.70. The quantitative estimate of drug-likeness (QED) is 0.448. The number of unbranched alkanes of at least 4 members (excludes halogenated alkanes) is 3. The van der Waals surface area contributed by atoms with Crippen LogP contribution in [0.3, 0.4) is 0 Å². The summed E-state index contributed by atoms with van der Waals surface area (Å²) in [6.07, 6.45) is 9.85. The summed E-state index contributed by atoms with van der Waals surface area (Å²) in [6, 6.07) is 0. The van der Waals surface area contributed by atoms with Gasteiger partial charge in [0.15, 0.2) is 0 Å². The van der Waals surface area contributed by atoms with E-state index in [9.17, 15) is 0 Å². The number of rotatable bonds is 10. The number of hydrogen-bond acceptors (Lipinski definition) is 4. The van der Waals surface area contributed by atoms with Crippen LogP contribution in [0.15, 0.2) is 15.0 Å². The van der Waals surface area contributed by atoms with Gasteiger partial charge in [-0.3, -0.25) is 0 Å². The fraction of sp³-hybridized carbons (Fsp3) is 0.812. The van der Waals surface area contributed by atoms with Crippen molar-refractivity contribution in [1.82, 2.24) is 0 Å². The summed E-state index contributed by atoms with van der Waals surface area (Å²) in [4.78, 5) is 13.8. The Morgan fingerprint density at radius 2 is 1.57 bits per heavy atom. The van der Waals surface area contributed by atoms with Crippen molar-refractivity contribution in [3.63, 3.8) is 0 Å². The molecular formula is C16H29N3SSn. The molecule has 0 saturated carbocycles. The average Bonchev–Trinajstić information content (AvgIpc) is 3.08. The minimum absolute atomic E-state index is 0.551. The Hall–Kier alpha value is 0.159. The zero-order valence-electron chi connectivity index (χ0n) is 13.8. The second-order valence-corrected chi connectivity index (χ2v) is 22.2. The third-order valence-corrected chi connectivity index (χ3v) is 24.7. The van der Waals surface area contributed by atoms with Crippen molar-refractivity contribution in [3.05, 3.63) is 0 Å². The third-order valence-electron chi connectivity index (χ3n) is 4.62. The van der Waals surface area contributed by atoms with Crippen molar-refractivity contribution in [1.29, 1.82) is 0 Å². The number of thioether (sulfide) groups is 1. The van der Waals surface area contributed by atoms with Gasteiger partial charge in [-0.1, -0.05) is 0 Å². The standard InChI is InChI=1S/C4H2N3S.3C4H9.Sn/c1-5-3-4(6-1)8-2-7-3;3*1-3-4-2;/h1-2H;3*1,3-4H2,2H3;. The van der Waals surface area contributed by atoms with E-state index < -0.39 is 18.4 Å². The first-order valence-electron chi connectivity index (χ1n) is 8.61. The van der Waals surface area contributed by atoms with Crippen LogP contribution in [0.5, 0.6) is 0 Å². The molecule has 3 nitrogen and oxygen atoms in total. The third kappa shape index (κ3) is 4.33.